The number of aliphatic hydroxyl groups is 1. The highest BCUT2D eigenvalue weighted by Gasteiger charge is 2.39. The average molecular weight is 157 g/mol. The van der Waals surface area contributed by atoms with Crippen molar-refractivity contribution in [3.8, 4) is 0 Å². The lowest BCUT2D eigenvalue weighted by Crippen LogP contribution is -2.28. The first-order valence-electron chi connectivity index (χ1n) is 3.38. The van der Waals surface area contributed by atoms with E-state index in [4.69, 9.17) is 9.84 Å². The molecule has 0 bridgehead atoms. The molecule has 2 atom stereocenters. The highest BCUT2D eigenvalue weighted by atomic mass is 16.6. The summed E-state index contributed by atoms with van der Waals surface area (Å²) >= 11 is 0. The van der Waals surface area contributed by atoms with Crippen LogP contribution in [0.4, 0.5) is 0 Å². The molecular formula is C7H11NO3. The fraction of sp³-hybridized carbons (Fsp3) is 0.571. The van der Waals surface area contributed by atoms with E-state index in [1.807, 2.05) is 0 Å². The zero-order chi connectivity index (χ0) is 8.43. The number of hydrogen-bond donors (Lipinski definition) is 2. The zero-order valence-electron chi connectivity index (χ0n) is 6.33. The maximum absolute atomic E-state index is 10.9. The van der Waals surface area contributed by atoms with Crippen LogP contribution < -0.4 is 5.32 Å². The van der Waals surface area contributed by atoms with E-state index >= 15 is 0 Å². The van der Waals surface area contributed by atoms with E-state index in [0.717, 1.165) is 0 Å². The normalized spacial score (nSPS) is 27.8. The van der Waals surface area contributed by atoms with Crippen LogP contribution in [0.3, 0.4) is 0 Å². The molecule has 11 heavy (non-hydrogen) atoms. The first kappa shape index (κ1) is 8.23. The van der Waals surface area contributed by atoms with Gasteiger partial charge in [0.15, 0.2) is 6.23 Å². The van der Waals surface area contributed by atoms with Gasteiger partial charge in [-0.2, -0.15) is 0 Å². The van der Waals surface area contributed by atoms with Crippen LogP contribution in [0.25, 0.3) is 0 Å². The third-order valence-corrected chi connectivity index (χ3v) is 1.42. The molecule has 0 aromatic heterocycles. The predicted octanol–water partition coefficient (Wildman–Crippen LogP) is -0.604. The summed E-state index contributed by atoms with van der Waals surface area (Å²) in [4.78, 5) is 10.9. The van der Waals surface area contributed by atoms with Crippen LogP contribution in [0.15, 0.2) is 12.2 Å². The molecule has 1 saturated heterocycles. The van der Waals surface area contributed by atoms with E-state index in [-0.39, 0.29) is 24.8 Å². The second-order valence-electron chi connectivity index (χ2n) is 2.53. The number of epoxide rings is 1. The van der Waals surface area contributed by atoms with Gasteiger partial charge in [-0.1, -0.05) is 6.58 Å². The Balaban J connectivity index is 2.23. The molecule has 0 aromatic rings. The van der Waals surface area contributed by atoms with Crippen molar-refractivity contribution in [2.75, 3.05) is 6.61 Å². The second kappa shape index (κ2) is 3.02. The minimum Gasteiger partial charge on any atom is -0.393 e. The summed E-state index contributed by atoms with van der Waals surface area (Å²) in [6, 6.07) is 0. The van der Waals surface area contributed by atoms with Crippen molar-refractivity contribution < 1.29 is 14.6 Å². The molecule has 1 aliphatic heterocycles. The highest BCUT2D eigenvalue weighted by molar-refractivity contribution is 5.92. The van der Waals surface area contributed by atoms with Crippen molar-refractivity contribution in [1.29, 1.82) is 0 Å². The topological polar surface area (TPSA) is 61.9 Å². The Morgan fingerprint density at radius 3 is 2.82 bits per heavy atom. The number of ether oxygens (including phenoxy) is 1. The number of carbonyl (C=O) groups excluding carboxylic acids is 1. The molecule has 2 unspecified atom stereocenters. The first-order chi connectivity index (χ1) is 5.15. The van der Waals surface area contributed by atoms with Gasteiger partial charge in [-0.25, -0.2) is 0 Å². The number of rotatable bonds is 3. The number of nitrogens with one attached hydrogen (secondary N) is 1. The standard InChI is InChI=1S/C7H11NO3/c1-4(2)6(10)8-7-5(3-9)11-7/h5,7,9H,1,3H2,2H3,(H,8,10). The third-order valence-electron chi connectivity index (χ3n) is 1.42. The summed E-state index contributed by atoms with van der Waals surface area (Å²) in [6.45, 7) is 5.02. The molecule has 0 radical (unpaired) electrons. The van der Waals surface area contributed by atoms with E-state index < -0.39 is 0 Å². The Labute approximate surface area is 64.9 Å². The maximum atomic E-state index is 10.9. The van der Waals surface area contributed by atoms with Crippen molar-refractivity contribution in [2.24, 2.45) is 0 Å². The van der Waals surface area contributed by atoms with E-state index in [1.54, 1.807) is 6.92 Å². The number of amides is 1. The molecule has 1 amide bonds. The quantitative estimate of drug-likeness (QED) is 0.424. The Morgan fingerprint density at radius 1 is 1.82 bits per heavy atom. The van der Waals surface area contributed by atoms with Crippen LogP contribution in [-0.4, -0.2) is 30.0 Å². The molecule has 4 heteroatoms. The van der Waals surface area contributed by atoms with Crippen LogP contribution in [0, 0.1) is 0 Å². The molecular weight excluding hydrogens is 146 g/mol. The molecule has 62 valence electrons. The van der Waals surface area contributed by atoms with Gasteiger partial charge < -0.3 is 15.2 Å². The van der Waals surface area contributed by atoms with Crippen LogP contribution >= 0.6 is 0 Å². The molecule has 0 spiro atoms. The van der Waals surface area contributed by atoms with Gasteiger partial charge in [0.2, 0.25) is 5.91 Å². The van der Waals surface area contributed by atoms with Crippen LogP contribution in [0.1, 0.15) is 6.92 Å². The van der Waals surface area contributed by atoms with Crippen LogP contribution in [0.2, 0.25) is 0 Å². The Kier molecular flexibility index (Phi) is 2.26. The lowest BCUT2D eigenvalue weighted by atomic mass is 10.3. The van der Waals surface area contributed by atoms with E-state index in [9.17, 15) is 4.79 Å². The monoisotopic (exact) mass is 157 g/mol. The van der Waals surface area contributed by atoms with E-state index in [1.165, 1.54) is 0 Å². The largest absolute Gasteiger partial charge is 0.393 e. The Hall–Kier alpha value is -0.870. The Morgan fingerprint density at radius 2 is 2.45 bits per heavy atom. The van der Waals surface area contributed by atoms with Gasteiger partial charge in [0, 0.05) is 5.57 Å². The van der Waals surface area contributed by atoms with E-state index in [0.29, 0.717) is 5.57 Å². The molecule has 0 saturated carbocycles. The molecule has 0 aliphatic carbocycles. The van der Waals surface area contributed by atoms with Gasteiger partial charge in [-0.3, -0.25) is 4.79 Å². The maximum Gasteiger partial charge on any atom is 0.248 e. The lowest BCUT2D eigenvalue weighted by molar-refractivity contribution is -0.118. The smallest absolute Gasteiger partial charge is 0.248 e. The van der Waals surface area contributed by atoms with Crippen molar-refractivity contribution in [3.63, 3.8) is 0 Å². The third kappa shape index (κ3) is 2.03. The molecule has 1 heterocycles. The second-order valence-corrected chi connectivity index (χ2v) is 2.53. The summed E-state index contributed by atoms with van der Waals surface area (Å²) in [5, 5.41) is 11.1. The highest BCUT2D eigenvalue weighted by Crippen LogP contribution is 2.17. The summed E-state index contributed by atoms with van der Waals surface area (Å²) in [6.07, 6.45) is -0.539. The van der Waals surface area contributed by atoms with Gasteiger partial charge in [0.25, 0.3) is 0 Å². The molecule has 1 fully saturated rings. The van der Waals surface area contributed by atoms with Gasteiger partial charge in [-0.05, 0) is 6.92 Å². The summed E-state index contributed by atoms with van der Waals surface area (Å²) < 4.78 is 4.86. The average Bonchev–Trinajstić information content (AvgIpc) is 2.67. The molecule has 4 nitrogen and oxygen atoms in total. The minimum absolute atomic E-state index is 0.0544. The molecule has 1 rings (SSSR count). The molecule has 0 aromatic carbocycles. The van der Waals surface area contributed by atoms with Crippen LogP contribution in [-0.2, 0) is 9.53 Å². The van der Waals surface area contributed by atoms with Crippen molar-refractivity contribution >= 4 is 5.91 Å². The SMILES string of the molecule is C=C(C)C(=O)NC1OC1CO. The first-order valence-corrected chi connectivity index (χ1v) is 3.38. The Bertz CT molecular complexity index is 190. The fourth-order valence-electron chi connectivity index (χ4n) is 0.661. The van der Waals surface area contributed by atoms with Gasteiger partial charge in [-0.15, -0.1) is 0 Å². The fourth-order valence-corrected chi connectivity index (χ4v) is 0.661. The van der Waals surface area contributed by atoms with Crippen LogP contribution in [0.5, 0.6) is 0 Å². The van der Waals surface area contributed by atoms with Gasteiger partial charge >= 0.3 is 0 Å². The number of carbonyl (C=O) groups is 1. The summed E-state index contributed by atoms with van der Waals surface area (Å²) in [7, 11) is 0. The van der Waals surface area contributed by atoms with Crippen molar-refractivity contribution in [2.45, 2.75) is 19.3 Å². The molecule has 1 aliphatic rings. The van der Waals surface area contributed by atoms with E-state index in [2.05, 4.69) is 11.9 Å². The van der Waals surface area contributed by atoms with Crippen molar-refractivity contribution in [1.82, 2.24) is 5.32 Å². The van der Waals surface area contributed by atoms with Gasteiger partial charge in [0.05, 0.1) is 6.61 Å². The summed E-state index contributed by atoms with van der Waals surface area (Å²) in [5.74, 6) is -0.231. The zero-order valence-corrected chi connectivity index (χ0v) is 6.33. The number of aliphatic hydroxyl groups excluding tert-OH is 1. The summed E-state index contributed by atoms with van der Waals surface area (Å²) in [5.41, 5.74) is 0.442. The number of hydrogen-bond acceptors (Lipinski definition) is 3. The van der Waals surface area contributed by atoms with Crippen molar-refractivity contribution in [3.05, 3.63) is 12.2 Å². The molecule has 2 N–H and O–H groups in total. The van der Waals surface area contributed by atoms with Gasteiger partial charge in [0.1, 0.15) is 6.10 Å². The lowest BCUT2D eigenvalue weighted by Gasteiger charge is -1.98. The minimum atomic E-state index is -0.316. The predicted molar refractivity (Wildman–Crippen MR) is 38.7 cm³/mol.